The smallest absolute Gasteiger partial charge is 0.327 e. The van der Waals surface area contributed by atoms with Crippen LogP contribution >= 0.6 is 0 Å². The second-order valence-electron chi connectivity index (χ2n) is 6.59. The summed E-state index contributed by atoms with van der Waals surface area (Å²) in [7, 11) is 0. The number of rotatable bonds is 10. The van der Waals surface area contributed by atoms with Crippen molar-refractivity contribution in [2.24, 2.45) is 5.92 Å². The molecule has 1 aliphatic carbocycles. The average Bonchev–Trinajstić information content (AvgIpc) is 3.27. The summed E-state index contributed by atoms with van der Waals surface area (Å²) < 4.78 is 5.44. The average molecular weight is 298 g/mol. The van der Waals surface area contributed by atoms with Gasteiger partial charge in [0.2, 0.25) is 0 Å². The summed E-state index contributed by atoms with van der Waals surface area (Å²) in [5, 5.41) is 3.57. The second-order valence-corrected chi connectivity index (χ2v) is 6.59. The third-order valence-corrected chi connectivity index (χ3v) is 4.53. The first-order chi connectivity index (χ1) is 9.91. The van der Waals surface area contributed by atoms with Crippen LogP contribution in [0, 0.1) is 5.92 Å². The normalized spacial score (nSPS) is 19.6. The first-order valence-electron chi connectivity index (χ1n) is 8.60. The second kappa shape index (κ2) is 8.14. The zero-order valence-corrected chi connectivity index (χ0v) is 14.7. The summed E-state index contributed by atoms with van der Waals surface area (Å²) in [5.74, 6) is 0.347. The van der Waals surface area contributed by atoms with E-state index >= 15 is 0 Å². The van der Waals surface area contributed by atoms with Crippen molar-refractivity contribution in [1.29, 1.82) is 0 Å². The lowest BCUT2D eigenvalue weighted by molar-refractivity contribution is -0.154. The van der Waals surface area contributed by atoms with Crippen molar-refractivity contribution >= 4 is 5.97 Å². The fourth-order valence-corrected chi connectivity index (χ4v) is 3.09. The van der Waals surface area contributed by atoms with Gasteiger partial charge in [0, 0.05) is 18.6 Å². The Bertz CT molecular complexity index is 329. The van der Waals surface area contributed by atoms with E-state index in [1.54, 1.807) is 0 Å². The number of nitrogens with zero attached hydrogens (tertiary/aromatic N) is 1. The van der Waals surface area contributed by atoms with Gasteiger partial charge in [0.15, 0.2) is 0 Å². The van der Waals surface area contributed by atoms with Gasteiger partial charge >= 0.3 is 5.97 Å². The molecule has 1 rings (SSSR count). The zero-order chi connectivity index (χ0) is 16.0. The maximum Gasteiger partial charge on any atom is 0.327 e. The molecule has 0 aliphatic heterocycles. The molecule has 0 spiro atoms. The van der Waals surface area contributed by atoms with Crippen molar-refractivity contribution in [2.75, 3.05) is 19.7 Å². The monoisotopic (exact) mass is 298 g/mol. The molecule has 0 aromatic rings. The van der Waals surface area contributed by atoms with Gasteiger partial charge in [-0.25, -0.2) is 4.79 Å². The van der Waals surface area contributed by atoms with E-state index in [4.69, 9.17) is 4.74 Å². The number of hydrogen-bond acceptors (Lipinski definition) is 4. The number of carbonyl (C=O) groups excluding carboxylic acids is 1. The molecular formula is C17H34N2O2. The highest BCUT2D eigenvalue weighted by Crippen LogP contribution is 2.41. The lowest BCUT2D eigenvalue weighted by Crippen LogP contribution is -2.64. The summed E-state index contributed by atoms with van der Waals surface area (Å²) in [6, 6.07) is 0.752. The fraction of sp³-hybridized carbons (Fsp3) is 0.941. The molecule has 4 nitrogen and oxygen atoms in total. The first kappa shape index (κ1) is 18.4. The molecule has 0 saturated heterocycles. The van der Waals surface area contributed by atoms with Gasteiger partial charge in [-0.1, -0.05) is 13.8 Å². The molecule has 21 heavy (non-hydrogen) atoms. The quantitative estimate of drug-likeness (QED) is 0.630. The minimum atomic E-state index is -0.538. The van der Waals surface area contributed by atoms with Gasteiger partial charge in [-0.2, -0.15) is 0 Å². The molecular weight excluding hydrogens is 264 g/mol. The predicted octanol–water partition coefficient (Wildman–Crippen LogP) is 2.82. The Morgan fingerprint density at radius 3 is 2.29 bits per heavy atom. The molecule has 1 aliphatic rings. The van der Waals surface area contributed by atoms with E-state index in [1.165, 1.54) is 0 Å². The molecule has 1 N–H and O–H groups in total. The topological polar surface area (TPSA) is 41.6 Å². The van der Waals surface area contributed by atoms with Crippen LogP contribution < -0.4 is 5.32 Å². The van der Waals surface area contributed by atoms with Gasteiger partial charge < -0.3 is 4.74 Å². The van der Waals surface area contributed by atoms with E-state index in [9.17, 15) is 4.79 Å². The van der Waals surface area contributed by atoms with Gasteiger partial charge in [-0.05, 0) is 59.4 Å². The van der Waals surface area contributed by atoms with E-state index in [0.717, 1.165) is 32.4 Å². The standard InChI is InChI=1S/C17H34N2O2/c1-7-14(6)19(8-2)12-17(15-10-11-15,18-13(4)5)16(20)21-9-3/h13-15,18H,7-12H2,1-6H3. The van der Waals surface area contributed by atoms with Crippen LogP contribution in [0.5, 0.6) is 0 Å². The molecule has 1 saturated carbocycles. The Morgan fingerprint density at radius 2 is 1.90 bits per heavy atom. The Labute approximate surface area is 130 Å². The molecule has 0 radical (unpaired) electrons. The molecule has 0 amide bonds. The minimum Gasteiger partial charge on any atom is -0.465 e. The molecule has 0 heterocycles. The highest BCUT2D eigenvalue weighted by molar-refractivity contribution is 5.82. The van der Waals surface area contributed by atoms with E-state index in [2.05, 4.69) is 44.8 Å². The SMILES string of the molecule is CCOC(=O)C(CN(CC)C(C)CC)(NC(C)C)C1CC1. The van der Waals surface area contributed by atoms with Crippen molar-refractivity contribution < 1.29 is 9.53 Å². The predicted molar refractivity (Wildman–Crippen MR) is 87.4 cm³/mol. The van der Waals surface area contributed by atoms with Crippen LogP contribution in [0.2, 0.25) is 0 Å². The summed E-state index contributed by atoms with van der Waals surface area (Å²) in [4.78, 5) is 15.1. The summed E-state index contributed by atoms with van der Waals surface area (Å²) in [6.07, 6.45) is 3.34. The number of likely N-dealkylation sites (N-methyl/N-ethyl adjacent to an activating group) is 1. The third kappa shape index (κ3) is 4.68. The van der Waals surface area contributed by atoms with Crippen molar-refractivity contribution in [3.63, 3.8) is 0 Å². The Balaban J connectivity index is 3.00. The fourth-order valence-electron chi connectivity index (χ4n) is 3.09. The molecule has 124 valence electrons. The maximum atomic E-state index is 12.7. The molecule has 0 aromatic carbocycles. The van der Waals surface area contributed by atoms with Gasteiger partial charge in [0.25, 0.3) is 0 Å². The number of carbonyl (C=O) groups is 1. The number of nitrogens with one attached hydrogen (secondary N) is 1. The highest BCUT2D eigenvalue weighted by Gasteiger charge is 2.53. The Morgan fingerprint density at radius 1 is 1.29 bits per heavy atom. The van der Waals surface area contributed by atoms with Crippen LogP contribution in [0.25, 0.3) is 0 Å². The molecule has 0 bridgehead atoms. The molecule has 4 heteroatoms. The lowest BCUT2D eigenvalue weighted by Gasteiger charge is -2.40. The van der Waals surface area contributed by atoms with Gasteiger partial charge in [0.05, 0.1) is 6.61 Å². The van der Waals surface area contributed by atoms with Crippen LogP contribution in [0.1, 0.15) is 60.8 Å². The van der Waals surface area contributed by atoms with Gasteiger partial charge in [-0.3, -0.25) is 10.2 Å². The Kier molecular flexibility index (Phi) is 7.14. The van der Waals surface area contributed by atoms with Crippen LogP contribution in [-0.4, -0.2) is 48.2 Å². The molecule has 0 aromatic heterocycles. The van der Waals surface area contributed by atoms with Crippen molar-refractivity contribution in [1.82, 2.24) is 10.2 Å². The highest BCUT2D eigenvalue weighted by atomic mass is 16.5. The summed E-state index contributed by atoms with van der Waals surface area (Å²) >= 11 is 0. The number of ether oxygens (including phenoxy) is 1. The first-order valence-corrected chi connectivity index (χ1v) is 8.60. The summed E-state index contributed by atoms with van der Waals surface area (Å²) in [6.45, 7) is 14.9. The molecule has 2 unspecified atom stereocenters. The van der Waals surface area contributed by atoms with Crippen LogP contribution in [-0.2, 0) is 9.53 Å². The largest absolute Gasteiger partial charge is 0.465 e. The van der Waals surface area contributed by atoms with Crippen LogP contribution in [0.3, 0.4) is 0 Å². The van der Waals surface area contributed by atoms with Gasteiger partial charge in [0.1, 0.15) is 5.54 Å². The number of esters is 1. The Hall–Kier alpha value is -0.610. The van der Waals surface area contributed by atoms with Crippen molar-refractivity contribution in [3.05, 3.63) is 0 Å². The van der Waals surface area contributed by atoms with Crippen LogP contribution in [0.15, 0.2) is 0 Å². The third-order valence-electron chi connectivity index (χ3n) is 4.53. The van der Waals surface area contributed by atoms with E-state index in [1.807, 2.05) is 6.92 Å². The van der Waals surface area contributed by atoms with Crippen LogP contribution in [0.4, 0.5) is 0 Å². The zero-order valence-electron chi connectivity index (χ0n) is 14.7. The molecule has 1 fully saturated rings. The van der Waals surface area contributed by atoms with E-state index in [0.29, 0.717) is 18.6 Å². The van der Waals surface area contributed by atoms with E-state index in [-0.39, 0.29) is 12.0 Å². The maximum absolute atomic E-state index is 12.7. The van der Waals surface area contributed by atoms with Crippen molar-refractivity contribution in [3.8, 4) is 0 Å². The van der Waals surface area contributed by atoms with E-state index < -0.39 is 5.54 Å². The lowest BCUT2D eigenvalue weighted by atomic mass is 9.90. The number of hydrogen-bond donors (Lipinski definition) is 1. The minimum absolute atomic E-state index is 0.0667. The van der Waals surface area contributed by atoms with Crippen molar-refractivity contribution in [2.45, 2.75) is 78.4 Å². The van der Waals surface area contributed by atoms with Gasteiger partial charge in [-0.15, -0.1) is 0 Å². The molecule has 2 atom stereocenters. The summed E-state index contributed by atoms with van der Waals surface area (Å²) in [5.41, 5.74) is -0.538.